The van der Waals surface area contributed by atoms with E-state index in [2.05, 4.69) is 5.32 Å². The summed E-state index contributed by atoms with van der Waals surface area (Å²) >= 11 is 0. The van der Waals surface area contributed by atoms with Gasteiger partial charge in [-0.05, 0) is 43.9 Å². The molecule has 20 heavy (non-hydrogen) atoms. The lowest BCUT2D eigenvalue weighted by Crippen LogP contribution is -2.41. The SMILES string of the molecule is Cc1ccc(F)c(C(=O)N2C[C@@H]3CCCN[C@@H]3C2)c1F. The van der Waals surface area contributed by atoms with Crippen molar-refractivity contribution in [1.82, 2.24) is 10.2 Å². The van der Waals surface area contributed by atoms with Gasteiger partial charge in [-0.15, -0.1) is 0 Å². The lowest BCUT2D eigenvalue weighted by Gasteiger charge is -2.24. The van der Waals surface area contributed by atoms with Gasteiger partial charge >= 0.3 is 0 Å². The molecular weight excluding hydrogens is 262 g/mol. The predicted octanol–water partition coefficient (Wildman–Crippen LogP) is 2.10. The molecule has 0 radical (unpaired) electrons. The van der Waals surface area contributed by atoms with Crippen molar-refractivity contribution in [2.75, 3.05) is 19.6 Å². The number of carbonyl (C=O) groups is 1. The van der Waals surface area contributed by atoms with Gasteiger partial charge in [-0.25, -0.2) is 8.78 Å². The Kier molecular flexibility index (Phi) is 3.46. The zero-order valence-corrected chi connectivity index (χ0v) is 11.5. The molecule has 2 saturated heterocycles. The lowest BCUT2D eigenvalue weighted by molar-refractivity contribution is 0.0775. The van der Waals surface area contributed by atoms with Crippen LogP contribution in [0.15, 0.2) is 12.1 Å². The fraction of sp³-hybridized carbons (Fsp3) is 0.533. The molecular formula is C15H18F2N2O. The van der Waals surface area contributed by atoms with Crippen LogP contribution in [0.25, 0.3) is 0 Å². The molecule has 5 heteroatoms. The maximum absolute atomic E-state index is 14.0. The standard InChI is InChI=1S/C15H18F2N2O/c1-9-4-5-11(16)13(14(9)17)15(20)19-7-10-3-2-6-18-12(10)8-19/h4-5,10,12,18H,2-3,6-8H2,1H3/t10-,12+/m0/s1. The number of hydrogen-bond donors (Lipinski definition) is 1. The average molecular weight is 280 g/mol. The van der Waals surface area contributed by atoms with Crippen molar-refractivity contribution in [2.24, 2.45) is 5.92 Å². The minimum absolute atomic E-state index is 0.267. The van der Waals surface area contributed by atoms with Gasteiger partial charge in [-0.3, -0.25) is 4.79 Å². The van der Waals surface area contributed by atoms with Crippen molar-refractivity contribution in [3.8, 4) is 0 Å². The van der Waals surface area contributed by atoms with Gasteiger partial charge in [0.25, 0.3) is 5.91 Å². The average Bonchev–Trinajstić information content (AvgIpc) is 2.87. The number of carbonyl (C=O) groups excluding carboxylic acids is 1. The Morgan fingerprint density at radius 1 is 1.35 bits per heavy atom. The molecule has 0 bridgehead atoms. The van der Waals surface area contributed by atoms with E-state index in [1.54, 1.807) is 4.90 Å². The zero-order chi connectivity index (χ0) is 14.3. The number of likely N-dealkylation sites (tertiary alicyclic amines) is 1. The fourth-order valence-corrected chi connectivity index (χ4v) is 3.22. The largest absolute Gasteiger partial charge is 0.337 e. The minimum atomic E-state index is -0.777. The number of hydrogen-bond acceptors (Lipinski definition) is 2. The first-order valence-corrected chi connectivity index (χ1v) is 7.05. The minimum Gasteiger partial charge on any atom is -0.337 e. The molecule has 0 unspecified atom stereocenters. The predicted molar refractivity (Wildman–Crippen MR) is 71.5 cm³/mol. The van der Waals surface area contributed by atoms with E-state index in [-0.39, 0.29) is 6.04 Å². The van der Waals surface area contributed by atoms with Crippen LogP contribution in [0.4, 0.5) is 8.78 Å². The quantitative estimate of drug-likeness (QED) is 0.854. The summed E-state index contributed by atoms with van der Waals surface area (Å²) < 4.78 is 27.8. The van der Waals surface area contributed by atoms with Gasteiger partial charge in [0.05, 0.1) is 0 Å². The molecule has 108 valence electrons. The Hall–Kier alpha value is -1.49. The van der Waals surface area contributed by atoms with Gasteiger partial charge in [0, 0.05) is 19.1 Å². The first kappa shape index (κ1) is 13.5. The van der Waals surface area contributed by atoms with Crippen molar-refractivity contribution in [3.63, 3.8) is 0 Å². The third kappa shape index (κ3) is 2.20. The summed E-state index contributed by atoms with van der Waals surface area (Å²) in [6.45, 7) is 3.62. The van der Waals surface area contributed by atoms with Crippen molar-refractivity contribution in [2.45, 2.75) is 25.8 Å². The Labute approximate surface area is 117 Å². The summed E-state index contributed by atoms with van der Waals surface area (Å²) in [5, 5.41) is 3.38. The highest BCUT2D eigenvalue weighted by atomic mass is 19.1. The van der Waals surface area contributed by atoms with Gasteiger partial charge in [-0.1, -0.05) is 6.07 Å². The molecule has 1 aromatic rings. The Morgan fingerprint density at radius 2 is 2.15 bits per heavy atom. The summed E-state index contributed by atoms with van der Waals surface area (Å²) in [6.07, 6.45) is 2.16. The van der Waals surface area contributed by atoms with E-state index in [4.69, 9.17) is 0 Å². The molecule has 2 fully saturated rings. The zero-order valence-electron chi connectivity index (χ0n) is 11.5. The number of amides is 1. The van der Waals surface area contributed by atoms with Crippen LogP contribution in [-0.2, 0) is 0 Å². The number of piperidine rings is 1. The van der Waals surface area contributed by atoms with Crippen LogP contribution < -0.4 is 5.32 Å². The van der Waals surface area contributed by atoms with Gasteiger partial charge < -0.3 is 10.2 Å². The van der Waals surface area contributed by atoms with Gasteiger partial charge in [-0.2, -0.15) is 0 Å². The number of aryl methyl sites for hydroxylation is 1. The third-order valence-corrected chi connectivity index (χ3v) is 4.38. The van der Waals surface area contributed by atoms with E-state index in [9.17, 15) is 13.6 Å². The summed E-state index contributed by atoms with van der Waals surface area (Å²) in [5.41, 5.74) is -0.117. The summed E-state index contributed by atoms with van der Waals surface area (Å²) in [6, 6.07) is 2.78. The van der Waals surface area contributed by atoms with Crippen molar-refractivity contribution in [1.29, 1.82) is 0 Å². The highest BCUT2D eigenvalue weighted by molar-refractivity contribution is 5.95. The lowest BCUT2D eigenvalue weighted by atomic mass is 9.94. The first-order chi connectivity index (χ1) is 9.58. The smallest absolute Gasteiger partial charge is 0.259 e. The molecule has 0 aliphatic carbocycles. The molecule has 2 aliphatic rings. The topological polar surface area (TPSA) is 32.3 Å². The number of fused-ring (bicyclic) bond motifs is 1. The van der Waals surface area contributed by atoms with E-state index in [0.29, 0.717) is 24.6 Å². The highest BCUT2D eigenvalue weighted by Crippen LogP contribution is 2.27. The maximum Gasteiger partial charge on any atom is 0.259 e. The Balaban J connectivity index is 1.85. The first-order valence-electron chi connectivity index (χ1n) is 7.05. The molecule has 2 heterocycles. The second-order valence-electron chi connectivity index (χ2n) is 5.73. The van der Waals surface area contributed by atoms with E-state index >= 15 is 0 Å². The summed E-state index contributed by atoms with van der Waals surface area (Å²) in [7, 11) is 0. The number of benzene rings is 1. The molecule has 0 spiro atoms. The van der Waals surface area contributed by atoms with Crippen LogP contribution in [0.5, 0.6) is 0 Å². The maximum atomic E-state index is 14.0. The van der Waals surface area contributed by atoms with Crippen LogP contribution in [0.3, 0.4) is 0 Å². The van der Waals surface area contributed by atoms with Gasteiger partial charge in [0.1, 0.15) is 17.2 Å². The molecule has 1 aromatic carbocycles. The number of nitrogens with one attached hydrogen (secondary N) is 1. The van der Waals surface area contributed by atoms with E-state index in [1.165, 1.54) is 13.0 Å². The van der Waals surface area contributed by atoms with Gasteiger partial charge in [0.15, 0.2) is 0 Å². The fourth-order valence-electron chi connectivity index (χ4n) is 3.22. The Morgan fingerprint density at radius 3 is 2.90 bits per heavy atom. The molecule has 0 saturated carbocycles. The molecule has 3 nitrogen and oxygen atoms in total. The van der Waals surface area contributed by atoms with Crippen molar-refractivity contribution >= 4 is 5.91 Å². The second-order valence-corrected chi connectivity index (χ2v) is 5.73. The van der Waals surface area contributed by atoms with E-state index in [0.717, 1.165) is 25.5 Å². The van der Waals surface area contributed by atoms with Gasteiger partial charge in [0.2, 0.25) is 0 Å². The molecule has 1 amide bonds. The van der Waals surface area contributed by atoms with Crippen molar-refractivity contribution < 1.29 is 13.6 Å². The normalized spacial score (nSPS) is 25.6. The van der Waals surface area contributed by atoms with E-state index < -0.39 is 23.1 Å². The highest BCUT2D eigenvalue weighted by Gasteiger charge is 2.38. The van der Waals surface area contributed by atoms with Crippen LogP contribution in [-0.4, -0.2) is 36.5 Å². The monoisotopic (exact) mass is 280 g/mol. The molecule has 0 aromatic heterocycles. The van der Waals surface area contributed by atoms with Crippen LogP contribution in [0.1, 0.15) is 28.8 Å². The molecule has 2 atom stereocenters. The molecule has 1 N–H and O–H groups in total. The van der Waals surface area contributed by atoms with E-state index in [1.807, 2.05) is 0 Å². The third-order valence-electron chi connectivity index (χ3n) is 4.38. The van der Waals surface area contributed by atoms with Crippen LogP contribution in [0.2, 0.25) is 0 Å². The summed E-state index contributed by atoms with van der Waals surface area (Å²) in [4.78, 5) is 14.0. The molecule has 3 rings (SSSR count). The summed E-state index contributed by atoms with van der Waals surface area (Å²) in [5.74, 6) is -1.64. The van der Waals surface area contributed by atoms with Crippen LogP contribution >= 0.6 is 0 Å². The van der Waals surface area contributed by atoms with Crippen molar-refractivity contribution in [3.05, 3.63) is 34.9 Å². The number of nitrogens with zero attached hydrogens (tertiary/aromatic N) is 1. The number of rotatable bonds is 1. The number of halogens is 2. The molecule has 2 aliphatic heterocycles. The second kappa shape index (κ2) is 5.13. The van der Waals surface area contributed by atoms with Crippen LogP contribution in [0, 0.1) is 24.5 Å². The Bertz CT molecular complexity index is 533.